The average molecular weight is 386 g/mol. The number of amides is 2. The molecule has 2 amide bonds. The molecule has 0 bridgehead atoms. The van der Waals surface area contributed by atoms with Crippen molar-refractivity contribution in [3.8, 4) is 17.2 Å². The fourth-order valence-electron chi connectivity index (χ4n) is 2.80. The first-order valence-electron chi connectivity index (χ1n) is 8.91. The topological polar surface area (TPSA) is 85.9 Å². The minimum atomic E-state index is -0.438. The van der Waals surface area contributed by atoms with Crippen LogP contribution >= 0.6 is 0 Å². The first-order valence-corrected chi connectivity index (χ1v) is 8.91. The van der Waals surface area contributed by atoms with Gasteiger partial charge in [0.2, 0.25) is 5.91 Å². The van der Waals surface area contributed by atoms with E-state index in [-0.39, 0.29) is 18.9 Å². The number of methoxy groups -OCH3 is 2. The number of para-hydroxylation sites is 1. The third kappa shape index (κ3) is 6.19. The molecule has 2 aromatic carbocycles. The highest BCUT2D eigenvalue weighted by Crippen LogP contribution is 2.31. The Bertz CT molecular complexity index is 815. The van der Waals surface area contributed by atoms with Crippen LogP contribution in [0.15, 0.2) is 36.4 Å². The monoisotopic (exact) mass is 386 g/mol. The summed E-state index contributed by atoms with van der Waals surface area (Å²) in [7, 11) is 3.11. The second-order valence-electron chi connectivity index (χ2n) is 6.36. The van der Waals surface area contributed by atoms with Gasteiger partial charge in [-0.05, 0) is 55.2 Å². The van der Waals surface area contributed by atoms with E-state index < -0.39 is 5.91 Å². The summed E-state index contributed by atoms with van der Waals surface area (Å²) in [5.41, 5.74) is 7.69. The van der Waals surface area contributed by atoms with Gasteiger partial charge in [0, 0.05) is 6.42 Å². The van der Waals surface area contributed by atoms with Gasteiger partial charge in [-0.1, -0.05) is 18.2 Å². The zero-order valence-corrected chi connectivity index (χ0v) is 16.6. The van der Waals surface area contributed by atoms with E-state index in [0.29, 0.717) is 23.7 Å². The lowest BCUT2D eigenvalue weighted by molar-refractivity contribution is -0.130. The van der Waals surface area contributed by atoms with Crippen molar-refractivity contribution in [2.75, 3.05) is 20.8 Å². The number of benzene rings is 2. The molecule has 28 heavy (non-hydrogen) atoms. The second-order valence-corrected chi connectivity index (χ2v) is 6.36. The molecule has 0 aromatic heterocycles. The van der Waals surface area contributed by atoms with Gasteiger partial charge in [-0.15, -0.1) is 0 Å². The summed E-state index contributed by atoms with van der Waals surface area (Å²) in [6.45, 7) is 3.72. The molecule has 0 heterocycles. The highest BCUT2D eigenvalue weighted by atomic mass is 16.5. The predicted molar refractivity (Wildman–Crippen MR) is 106 cm³/mol. The van der Waals surface area contributed by atoms with E-state index in [0.717, 1.165) is 16.7 Å². The molecular weight excluding hydrogens is 360 g/mol. The van der Waals surface area contributed by atoms with Crippen molar-refractivity contribution >= 4 is 11.8 Å². The lowest BCUT2D eigenvalue weighted by Gasteiger charge is -2.13. The molecule has 150 valence electrons. The van der Waals surface area contributed by atoms with Crippen LogP contribution < -0.4 is 25.1 Å². The molecular formula is C21H26N2O5. The minimum Gasteiger partial charge on any atom is -0.493 e. The van der Waals surface area contributed by atoms with E-state index in [2.05, 4.69) is 10.9 Å². The van der Waals surface area contributed by atoms with E-state index in [1.165, 1.54) is 0 Å². The molecule has 0 aliphatic carbocycles. The summed E-state index contributed by atoms with van der Waals surface area (Å²) in [6.07, 6.45) is 0.628. The Balaban J connectivity index is 1.77. The molecule has 0 saturated carbocycles. The van der Waals surface area contributed by atoms with E-state index in [9.17, 15) is 9.59 Å². The molecule has 0 unspecified atom stereocenters. The van der Waals surface area contributed by atoms with E-state index in [4.69, 9.17) is 14.2 Å². The molecule has 7 heteroatoms. The van der Waals surface area contributed by atoms with Crippen molar-refractivity contribution in [1.82, 2.24) is 10.9 Å². The number of hydrogen-bond acceptors (Lipinski definition) is 5. The maximum atomic E-state index is 12.0. The standard InChI is InChI=1S/C21H26N2O5/c1-14-10-15(2)12-17(11-14)28-13-20(25)23-22-19(24)9-8-16-6-5-7-18(26-3)21(16)27-4/h5-7,10-12H,8-9,13H2,1-4H3,(H,22,24)(H,23,25). The maximum Gasteiger partial charge on any atom is 0.276 e. The van der Waals surface area contributed by atoms with Crippen LogP contribution in [0.1, 0.15) is 23.1 Å². The first kappa shape index (κ1) is 21.1. The summed E-state index contributed by atoms with van der Waals surface area (Å²) in [6, 6.07) is 11.2. The zero-order chi connectivity index (χ0) is 20.5. The predicted octanol–water partition coefficient (Wildman–Crippen LogP) is 2.48. The van der Waals surface area contributed by atoms with Crippen molar-refractivity contribution in [1.29, 1.82) is 0 Å². The van der Waals surface area contributed by atoms with Gasteiger partial charge < -0.3 is 14.2 Å². The molecule has 0 saturated heterocycles. The van der Waals surface area contributed by atoms with Gasteiger partial charge in [-0.25, -0.2) is 0 Å². The Morgan fingerprint density at radius 3 is 2.25 bits per heavy atom. The summed E-state index contributed by atoms with van der Waals surface area (Å²) in [5, 5.41) is 0. The quantitative estimate of drug-likeness (QED) is 0.681. The highest BCUT2D eigenvalue weighted by molar-refractivity contribution is 5.82. The van der Waals surface area contributed by atoms with Gasteiger partial charge in [0.05, 0.1) is 14.2 Å². The van der Waals surface area contributed by atoms with E-state index >= 15 is 0 Å². The molecule has 0 atom stereocenters. The molecule has 0 aliphatic rings. The Morgan fingerprint density at radius 1 is 0.929 bits per heavy atom. The maximum absolute atomic E-state index is 12.0. The van der Waals surface area contributed by atoms with Crippen LogP contribution in [0.25, 0.3) is 0 Å². The van der Waals surface area contributed by atoms with Crippen LogP contribution in [-0.4, -0.2) is 32.6 Å². The van der Waals surface area contributed by atoms with Crippen molar-refractivity contribution in [3.63, 3.8) is 0 Å². The van der Waals surface area contributed by atoms with Crippen LogP contribution in [0.4, 0.5) is 0 Å². The molecule has 2 aromatic rings. The summed E-state index contributed by atoms with van der Waals surface area (Å²) >= 11 is 0. The molecule has 2 N–H and O–H groups in total. The van der Waals surface area contributed by atoms with Crippen LogP contribution in [-0.2, 0) is 16.0 Å². The average Bonchev–Trinajstić information content (AvgIpc) is 2.67. The van der Waals surface area contributed by atoms with Gasteiger partial charge in [0.15, 0.2) is 18.1 Å². The smallest absolute Gasteiger partial charge is 0.276 e. The van der Waals surface area contributed by atoms with Gasteiger partial charge in [-0.2, -0.15) is 0 Å². The second kappa shape index (κ2) is 10.2. The van der Waals surface area contributed by atoms with Crippen LogP contribution in [0.2, 0.25) is 0 Å². The highest BCUT2D eigenvalue weighted by Gasteiger charge is 2.12. The Kier molecular flexibility index (Phi) is 7.68. The fraction of sp³-hybridized carbons (Fsp3) is 0.333. The van der Waals surface area contributed by atoms with Crippen LogP contribution in [0, 0.1) is 13.8 Å². The van der Waals surface area contributed by atoms with Crippen LogP contribution in [0.3, 0.4) is 0 Å². The Labute approximate surface area is 165 Å². The molecule has 7 nitrogen and oxygen atoms in total. The summed E-state index contributed by atoms with van der Waals surface area (Å²) < 4.78 is 16.0. The van der Waals surface area contributed by atoms with Gasteiger partial charge in [0.25, 0.3) is 5.91 Å². The molecule has 2 rings (SSSR count). The van der Waals surface area contributed by atoms with E-state index in [1.54, 1.807) is 20.3 Å². The van der Waals surface area contributed by atoms with Gasteiger partial charge >= 0.3 is 0 Å². The number of carbonyl (C=O) groups is 2. The number of hydrogen-bond donors (Lipinski definition) is 2. The number of carbonyl (C=O) groups excluding carboxylic acids is 2. The molecule has 0 aliphatic heterocycles. The normalized spacial score (nSPS) is 10.1. The minimum absolute atomic E-state index is 0.182. The number of nitrogens with one attached hydrogen (secondary N) is 2. The largest absolute Gasteiger partial charge is 0.493 e. The number of aryl methyl sites for hydroxylation is 3. The SMILES string of the molecule is COc1cccc(CCC(=O)NNC(=O)COc2cc(C)cc(C)c2)c1OC. The van der Waals surface area contributed by atoms with Gasteiger partial charge in [-0.3, -0.25) is 20.4 Å². The fourth-order valence-corrected chi connectivity index (χ4v) is 2.80. The lowest BCUT2D eigenvalue weighted by Crippen LogP contribution is -2.43. The summed E-state index contributed by atoms with van der Waals surface area (Å²) in [5.74, 6) is 1.07. The molecule has 0 radical (unpaired) electrons. The first-order chi connectivity index (χ1) is 13.4. The third-order valence-corrected chi connectivity index (χ3v) is 4.01. The number of ether oxygens (including phenoxy) is 3. The Morgan fingerprint density at radius 2 is 1.61 bits per heavy atom. The number of rotatable bonds is 8. The molecule has 0 fully saturated rings. The van der Waals surface area contributed by atoms with Crippen molar-refractivity contribution in [3.05, 3.63) is 53.1 Å². The molecule has 0 spiro atoms. The van der Waals surface area contributed by atoms with Crippen molar-refractivity contribution in [2.24, 2.45) is 0 Å². The van der Waals surface area contributed by atoms with E-state index in [1.807, 2.05) is 44.2 Å². The van der Waals surface area contributed by atoms with Crippen molar-refractivity contribution in [2.45, 2.75) is 26.7 Å². The third-order valence-electron chi connectivity index (χ3n) is 4.01. The van der Waals surface area contributed by atoms with Crippen LogP contribution in [0.5, 0.6) is 17.2 Å². The van der Waals surface area contributed by atoms with Crippen molar-refractivity contribution < 1.29 is 23.8 Å². The summed E-state index contributed by atoms with van der Waals surface area (Å²) in [4.78, 5) is 23.9. The zero-order valence-electron chi connectivity index (χ0n) is 16.6. The van der Waals surface area contributed by atoms with Gasteiger partial charge in [0.1, 0.15) is 5.75 Å². The number of hydrazine groups is 1. The Hall–Kier alpha value is -3.22. The lowest BCUT2D eigenvalue weighted by atomic mass is 10.1.